The molecule has 0 radical (unpaired) electrons. The Morgan fingerprint density at radius 1 is 0.583 bits per heavy atom. The van der Waals surface area contributed by atoms with Crippen LogP contribution in [0.5, 0.6) is 0 Å². The van der Waals surface area contributed by atoms with Crippen LogP contribution in [-0.2, 0) is 9.47 Å². The van der Waals surface area contributed by atoms with Crippen LogP contribution in [0.1, 0.15) is 127 Å². The Kier molecular flexibility index (Phi) is 11.4. The molecule has 1 heterocycles. The first-order valence-corrected chi connectivity index (χ1v) is 15.2. The van der Waals surface area contributed by atoms with Crippen LogP contribution in [0.15, 0.2) is 48.5 Å². The van der Waals surface area contributed by atoms with Crippen molar-refractivity contribution in [2.24, 2.45) is 5.92 Å². The quantitative estimate of drug-likeness (QED) is 0.260. The summed E-state index contributed by atoms with van der Waals surface area (Å²) in [5.41, 5.74) is 5.36. The third-order valence-corrected chi connectivity index (χ3v) is 8.66. The zero-order valence-electron chi connectivity index (χ0n) is 23.1. The van der Waals surface area contributed by atoms with Gasteiger partial charge in [-0.2, -0.15) is 0 Å². The molecule has 36 heavy (non-hydrogen) atoms. The molecule has 1 saturated carbocycles. The maximum atomic E-state index is 6.18. The highest BCUT2D eigenvalue weighted by atomic mass is 16.6. The second-order valence-electron chi connectivity index (χ2n) is 11.4. The molecule has 0 aromatic heterocycles. The van der Waals surface area contributed by atoms with Crippen molar-refractivity contribution in [2.45, 2.75) is 122 Å². The van der Waals surface area contributed by atoms with E-state index in [1.165, 1.54) is 106 Å². The van der Waals surface area contributed by atoms with Gasteiger partial charge in [-0.3, -0.25) is 0 Å². The van der Waals surface area contributed by atoms with Crippen LogP contribution in [0.3, 0.4) is 0 Å². The molecule has 0 bridgehead atoms. The van der Waals surface area contributed by atoms with E-state index in [-0.39, 0.29) is 12.2 Å². The van der Waals surface area contributed by atoms with Crippen LogP contribution in [-0.4, -0.2) is 19.3 Å². The molecule has 0 unspecified atom stereocenters. The number of ether oxygens (including phenoxy) is 2. The van der Waals surface area contributed by atoms with Crippen molar-refractivity contribution in [3.63, 3.8) is 0 Å². The Morgan fingerprint density at radius 2 is 1.17 bits per heavy atom. The summed E-state index contributed by atoms with van der Waals surface area (Å²) in [6.45, 7) is 5.96. The fraction of sp³-hybridized carbons (Fsp3) is 0.647. The second-order valence-corrected chi connectivity index (χ2v) is 11.4. The van der Waals surface area contributed by atoms with Gasteiger partial charge in [-0.1, -0.05) is 120 Å². The van der Waals surface area contributed by atoms with E-state index in [0.29, 0.717) is 6.61 Å². The minimum atomic E-state index is 0.0649. The molecule has 2 aromatic rings. The van der Waals surface area contributed by atoms with Crippen molar-refractivity contribution >= 4 is 0 Å². The summed E-state index contributed by atoms with van der Waals surface area (Å²) in [4.78, 5) is 0. The predicted molar refractivity (Wildman–Crippen MR) is 153 cm³/mol. The van der Waals surface area contributed by atoms with Crippen molar-refractivity contribution in [3.05, 3.63) is 59.7 Å². The van der Waals surface area contributed by atoms with E-state index in [9.17, 15) is 0 Å². The standard InChI is InChI=1S/C34H50O2/c1-3-5-7-9-11-27-13-15-28(16-14-27)29-17-19-30(20-18-29)31-21-23-32(24-22-31)34-26-35-33(25-36-34)12-10-8-6-4-2/h17-24,27-28,33-34H,3-16,25-26H2,1-2H3/t27-,28-,33-,34-/m0/s1. The van der Waals surface area contributed by atoms with E-state index in [1.807, 2.05) is 0 Å². The average molecular weight is 491 g/mol. The molecular weight excluding hydrogens is 440 g/mol. The molecular formula is C34H50O2. The van der Waals surface area contributed by atoms with Gasteiger partial charge in [0.2, 0.25) is 0 Å². The lowest BCUT2D eigenvalue weighted by Gasteiger charge is -2.30. The van der Waals surface area contributed by atoms with Crippen LogP contribution in [0, 0.1) is 5.92 Å². The molecule has 1 saturated heterocycles. The third-order valence-electron chi connectivity index (χ3n) is 8.66. The van der Waals surface area contributed by atoms with Gasteiger partial charge in [-0.25, -0.2) is 0 Å². The van der Waals surface area contributed by atoms with Crippen molar-refractivity contribution in [1.29, 1.82) is 0 Å². The van der Waals surface area contributed by atoms with Crippen LogP contribution in [0.25, 0.3) is 11.1 Å². The van der Waals surface area contributed by atoms with Gasteiger partial charge in [-0.05, 0) is 66.2 Å². The van der Waals surface area contributed by atoms with Crippen molar-refractivity contribution in [2.75, 3.05) is 13.2 Å². The van der Waals surface area contributed by atoms with Crippen LogP contribution in [0.2, 0.25) is 0 Å². The molecule has 4 rings (SSSR count). The van der Waals surface area contributed by atoms with E-state index in [4.69, 9.17) is 9.47 Å². The minimum Gasteiger partial charge on any atom is -0.373 e. The van der Waals surface area contributed by atoms with Gasteiger partial charge in [0.05, 0.1) is 19.3 Å². The zero-order chi connectivity index (χ0) is 25.0. The monoisotopic (exact) mass is 490 g/mol. The molecule has 0 amide bonds. The van der Waals surface area contributed by atoms with Gasteiger partial charge >= 0.3 is 0 Å². The molecule has 0 N–H and O–H groups in total. The lowest BCUT2D eigenvalue weighted by atomic mass is 9.77. The van der Waals surface area contributed by atoms with E-state index >= 15 is 0 Å². The highest BCUT2D eigenvalue weighted by Crippen LogP contribution is 2.38. The van der Waals surface area contributed by atoms with E-state index in [0.717, 1.165) is 24.9 Å². The summed E-state index contributed by atoms with van der Waals surface area (Å²) in [5, 5.41) is 0. The van der Waals surface area contributed by atoms with E-state index in [2.05, 4.69) is 62.4 Å². The SMILES string of the molecule is CCCCCC[C@H]1CO[C@H](c2ccc(-c3ccc([C@H]4CC[C@H](CCCCCC)CC4)cc3)cc2)CO1. The Bertz CT molecular complexity index is 766. The van der Waals surface area contributed by atoms with Gasteiger partial charge in [0.1, 0.15) is 6.10 Å². The summed E-state index contributed by atoms with van der Waals surface area (Å²) in [6.07, 6.45) is 19.3. The molecule has 1 aliphatic carbocycles. The molecule has 0 spiro atoms. The molecule has 1 aliphatic heterocycles. The fourth-order valence-corrected chi connectivity index (χ4v) is 6.18. The molecule has 2 nitrogen and oxygen atoms in total. The minimum absolute atomic E-state index is 0.0649. The highest BCUT2D eigenvalue weighted by molar-refractivity contribution is 5.64. The Hall–Kier alpha value is -1.64. The molecule has 198 valence electrons. The number of hydrogen-bond acceptors (Lipinski definition) is 2. The number of benzene rings is 2. The lowest BCUT2D eigenvalue weighted by Crippen LogP contribution is -2.31. The predicted octanol–water partition coefficient (Wildman–Crippen LogP) is 10.0. The first kappa shape index (κ1) is 27.4. The maximum Gasteiger partial charge on any atom is 0.106 e. The topological polar surface area (TPSA) is 18.5 Å². The van der Waals surface area contributed by atoms with Gasteiger partial charge in [0, 0.05) is 0 Å². The number of rotatable bonds is 13. The molecule has 2 atom stereocenters. The smallest absolute Gasteiger partial charge is 0.106 e. The fourth-order valence-electron chi connectivity index (χ4n) is 6.18. The van der Waals surface area contributed by atoms with Crippen LogP contribution >= 0.6 is 0 Å². The summed E-state index contributed by atoms with van der Waals surface area (Å²) < 4.78 is 12.3. The van der Waals surface area contributed by atoms with Crippen LogP contribution in [0.4, 0.5) is 0 Å². The summed E-state index contributed by atoms with van der Waals surface area (Å²) in [7, 11) is 0. The van der Waals surface area contributed by atoms with Crippen molar-refractivity contribution in [1.82, 2.24) is 0 Å². The van der Waals surface area contributed by atoms with Gasteiger partial charge in [0.15, 0.2) is 0 Å². The van der Waals surface area contributed by atoms with E-state index in [1.54, 1.807) is 0 Å². The Balaban J connectivity index is 1.22. The van der Waals surface area contributed by atoms with Gasteiger partial charge < -0.3 is 9.47 Å². The zero-order valence-corrected chi connectivity index (χ0v) is 23.1. The first-order chi connectivity index (χ1) is 17.8. The van der Waals surface area contributed by atoms with Crippen LogP contribution < -0.4 is 0 Å². The third kappa shape index (κ3) is 8.18. The highest BCUT2D eigenvalue weighted by Gasteiger charge is 2.24. The molecule has 2 heteroatoms. The molecule has 2 aliphatic rings. The number of hydrogen-bond donors (Lipinski definition) is 0. The Morgan fingerprint density at radius 3 is 1.72 bits per heavy atom. The summed E-state index contributed by atoms with van der Waals surface area (Å²) >= 11 is 0. The summed E-state index contributed by atoms with van der Waals surface area (Å²) in [5.74, 6) is 1.73. The lowest BCUT2D eigenvalue weighted by molar-refractivity contribution is -0.137. The van der Waals surface area contributed by atoms with Crippen molar-refractivity contribution < 1.29 is 9.47 Å². The normalized spacial score (nSPS) is 24.6. The van der Waals surface area contributed by atoms with Crippen molar-refractivity contribution in [3.8, 4) is 11.1 Å². The number of unbranched alkanes of at least 4 members (excludes halogenated alkanes) is 6. The first-order valence-electron chi connectivity index (χ1n) is 15.2. The average Bonchev–Trinajstić information content (AvgIpc) is 2.94. The maximum absolute atomic E-state index is 6.18. The largest absolute Gasteiger partial charge is 0.373 e. The molecule has 2 aromatic carbocycles. The van der Waals surface area contributed by atoms with E-state index < -0.39 is 0 Å². The molecule has 2 fully saturated rings. The Labute approximate surface area is 221 Å². The van der Waals surface area contributed by atoms with Gasteiger partial charge in [0.25, 0.3) is 0 Å². The second kappa shape index (κ2) is 14.9. The van der Waals surface area contributed by atoms with Gasteiger partial charge in [-0.15, -0.1) is 0 Å². The summed E-state index contributed by atoms with van der Waals surface area (Å²) in [6, 6.07) is 18.3.